The van der Waals surface area contributed by atoms with Gasteiger partial charge in [0.15, 0.2) is 0 Å². The van der Waals surface area contributed by atoms with Crippen LogP contribution in [0.15, 0.2) is 89.4 Å². The van der Waals surface area contributed by atoms with Gasteiger partial charge in [0, 0.05) is 27.9 Å². The first-order chi connectivity index (χ1) is 18.9. The lowest BCUT2D eigenvalue weighted by atomic mass is 9.70. The van der Waals surface area contributed by atoms with Crippen LogP contribution >= 0.6 is 15.9 Å². The zero-order valence-electron chi connectivity index (χ0n) is 22.6. The van der Waals surface area contributed by atoms with Crippen molar-refractivity contribution in [2.24, 2.45) is 0 Å². The fourth-order valence-corrected chi connectivity index (χ4v) is 6.71. The molecule has 198 valence electrons. The molecule has 0 amide bonds. The zero-order valence-corrected chi connectivity index (χ0v) is 24.2. The number of pyridine rings is 1. The number of aryl methyl sites for hydroxylation is 2. The summed E-state index contributed by atoms with van der Waals surface area (Å²) in [7, 11) is 5.78. The molecular formula is C34H33BrN2O2. The van der Waals surface area contributed by atoms with Crippen molar-refractivity contribution in [2.75, 3.05) is 27.7 Å². The fraction of sp³-hybridized carbons (Fsp3) is 0.265. The standard InChI is InChI=1S/C34H33BrN2O2/c1-37(2)19-18-34(38,29-16-14-23-13-12-22-10-7-11-27(29)31(22)23)32(24-8-5-4-6-9-24)28-21-25-20-26(35)15-17-30(25)36-33(28)39-3/h4-11,14-17,20-21,32,38H,12-13,18-19H2,1-3H3. The van der Waals surface area contributed by atoms with Crippen molar-refractivity contribution in [3.05, 3.63) is 117 Å². The Bertz CT molecular complexity index is 1660. The van der Waals surface area contributed by atoms with Crippen molar-refractivity contribution in [2.45, 2.75) is 30.8 Å². The number of halogens is 1. The second kappa shape index (κ2) is 10.4. The first-order valence-corrected chi connectivity index (χ1v) is 14.3. The zero-order chi connectivity index (χ0) is 27.1. The van der Waals surface area contributed by atoms with Crippen molar-refractivity contribution in [3.63, 3.8) is 0 Å². The van der Waals surface area contributed by atoms with Crippen molar-refractivity contribution in [3.8, 4) is 5.88 Å². The van der Waals surface area contributed by atoms with Gasteiger partial charge in [-0.2, -0.15) is 0 Å². The number of hydrogen-bond acceptors (Lipinski definition) is 4. The average molecular weight is 582 g/mol. The lowest BCUT2D eigenvalue weighted by Crippen LogP contribution is -2.38. The van der Waals surface area contributed by atoms with E-state index < -0.39 is 11.5 Å². The van der Waals surface area contributed by atoms with Crippen molar-refractivity contribution < 1.29 is 9.84 Å². The number of ether oxygens (including phenoxy) is 1. The van der Waals surface area contributed by atoms with Crippen LogP contribution in [-0.2, 0) is 18.4 Å². The van der Waals surface area contributed by atoms with Crippen LogP contribution in [0.4, 0.5) is 0 Å². The molecule has 1 aliphatic rings. The van der Waals surface area contributed by atoms with E-state index in [2.05, 4.69) is 89.5 Å². The topological polar surface area (TPSA) is 45.6 Å². The molecule has 6 rings (SSSR count). The third kappa shape index (κ3) is 4.63. The van der Waals surface area contributed by atoms with Gasteiger partial charge in [-0.1, -0.05) is 76.6 Å². The number of nitrogens with zero attached hydrogens (tertiary/aromatic N) is 2. The van der Waals surface area contributed by atoms with Gasteiger partial charge in [-0.15, -0.1) is 0 Å². The molecule has 2 atom stereocenters. The van der Waals surface area contributed by atoms with Crippen LogP contribution < -0.4 is 4.74 Å². The van der Waals surface area contributed by atoms with E-state index in [9.17, 15) is 5.11 Å². The van der Waals surface area contributed by atoms with E-state index in [4.69, 9.17) is 9.72 Å². The smallest absolute Gasteiger partial charge is 0.217 e. The van der Waals surface area contributed by atoms with Gasteiger partial charge < -0.3 is 14.7 Å². The SMILES string of the molecule is COc1nc2ccc(Br)cc2cc1C(c1ccccc1)C(O)(CCN(C)C)c1ccc2c3c(cccc13)CC2. The van der Waals surface area contributed by atoms with E-state index in [0.29, 0.717) is 12.3 Å². The van der Waals surface area contributed by atoms with Crippen molar-refractivity contribution in [1.29, 1.82) is 0 Å². The van der Waals surface area contributed by atoms with Gasteiger partial charge in [0.25, 0.3) is 0 Å². The first kappa shape index (κ1) is 26.0. The molecule has 1 aromatic heterocycles. The molecular weight excluding hydrogens is 548 g/mol. The Morgan fingerprint density at radius 3 is 2.46 bits per heavy atom. The van der Waals surface area contributed by atoms with Gasteiger partial charge in [0.2, 0.25) is 5.88 Å². The molecule has 0 aliphatic heterocycles. The summed E-state index contributed by atoms with van der Waals surface area (Å²) in [6, 6.07) is 29.4. The highest BCUT2D eigenvalue weighted by atomic mass is 79.9. The molecule has 1 heterocycles. The van der Waals surface area contributed by atoms with E-state index >= 15 is 0 Å². The summed E-state index contributed by atoms with van der Waals surface area (Å²) in [6.07, 6.45) is 2.63. The van der Waals surface area contributed by atoms with Gasteiger partial charge >= 0.3 is 0 Å². The molecule has 2 unspecified atom stereocenters. The van der Waals surface area contributed by atoms with E-state index in [1.54, 1.807) is 7.11 Å². The first-order valence-electron chi connectivity index (χ1n) is 13.5. The molecule has 1 aliphatic carbocycles. The van der Waals surface area contributed by atoms with Crippen LogP contribution in [0, 0.1) is 0 Å². The largest absolute Gasteiger partial charge is 0.481 e. The maximum Gasteiger partial charge on any atom is 0.217 e. The number of methoxy groups -OCH3 is 1. The monoisotopic (exact) mass is 580 g/mol. The lowest BCUT2D eigenvalue weighted by molar-refractivity contribution is 0.00520. The Morgan fingerprint density at radius 2 is 1.72 bits per heavy atom. The van der Waals surface area contributed by atoms with E-state index in [1.165, 1.54) is 16.5 Å². The van der Waals surface area contributed by atoms with Crippen LogP contribution in [0.3, 0.4) is 0 Å². The van der Waals surface area contributed by atoms with Crippen LogP contribution in [0.25, 0.3) is 21.7 Å². The molecule has 0 fully saturated rings. The molecule has 1 N–H and O–H groups in total. The maximum absolute atomic E-state index is 13.2. The summed E-state index contributed by atoms with van der Waals surface area (Å²) in [4.78, 5) is 7.06. The van der Waals surface area contributed by atoms with Crippen LogP contribution in [0.2, 0.25) is 0 Å². The Balaban J connectivity index is 1.67. The molecule has 0 radical (unpaired) electrons. The van der Waals surface area contributed by atoms with Gasteiger partial charge in [-0.25, -0.2) is 4.98 Å². The highest BCUT2D eigenvalue weighted by Crippen LogP contribution is 2.50. The van der Waals surface area contributed by atoms with Crippen molar-refractivity contribution >= 4 is 37.6 Å². The Labute approximate surface area is 238 Å². The van der Waals surface area contributed by atoms with E-state index in [-0.39, 0.29) is 0 Å². The number of rotatable bonds is 8. The van der Waals surface area contributed by atoms with Crippen LogP contribution in [0.5, 0.6) is 5.88 Å². The van der Waals surface area contributed by atoms with Gasteiger partial charge in [0.1, 0.15) is 5.60 Å². The number of fused-ring (bicyclic) bond motifs is 1. The Hall–Kier alpha value is -3.25. The normalized spacial score (nSPS) is 15.1. The second-order valence-electron chi connectivity index (χ2n) is 10.9. The fourth-order valence-electron chi connectivity index (χ4n) is 6.33. The Kier molecular flexibility index (Phi) is 6.92. The number of aromatic nitrogens is 1. The number of benzene rings is 4. The maximum atomic E-state index is 13.2. The summed E-state index contributed by atoms with van der Waals surface area (Å²) in [5, 5.41) is 16.7. The summed E-state index contributed by atoms with van der Waals surface area (Å²) in [5.41, 5.74) is 5.20. The molecule has 5 aromatic rings. The van der Waals surface area contributed by atoms with E-state index in [0.717, 1.165) is 56.8 Å². The molecule has 4 aromatic carbocycles. The molecule has 0 saturated heterocycles. The quantitative estimate of drug-likeness (QED) is 0.210. The summed E-state index contributed by atoms with van der Waals surface area (Å²) >= 11 is 3.62. The third-order valence-corrected chi connectivity index (χ3v) is 8.66. The van der Waals surface area contributed by atoms with E-state index in [1.807, 2.05) is 30.3 Å². The van der Waals surface area contributed by atoms with Crippen LogP contribution in [0.1, 0.15) is 40.2 Å². The summed E-state index contributed by atoms with van der Waals surface area (Å²) < 4.78 is 6.92. The molecule has 0 saturated carbocycles. The van der Waals surface area contributed by atoms with Gasteiger partial charge in [-0.3, -0.25) is 0 Å². The summed E-state index contributed by atoms with van der Waals surface area (Å²) in [5.74, 6) is 0.121. The second-order valence-corrected chi connectivity index (χ2v) is 11.8. The molecule has 0 spiro atoms. The number of hydrogen-bond donors (Lipinski definition) is 1. The van der Waals surface area contributed by atoms with Crippen LogP contribution in [-0.4, -0.2) is 42.7 Å². The molecule has 5 heteroatoms. The van der Waals surface area contributed by atoms with Gasteiger partial charge in [0.05, 0.1) is 12.6 Å². The average Bonchev–Trinajstić information content (AvgIpc) is 3.37. The van der Waals surface area contributed by atoms with Crippen molar-refractivity contribution in [1.82, 2.24) is 9.88 Å². The molecule has 39 heavy (non-hydrogen) atoms. The predicted molar refractivity (Wildman–Crippen MR) is 163 cm³/mol. The minimum absolute atomic E-state index is 0.414. The van der Waals surface area contributed by atoms with Gasteiger partial charge in [-0.05, 0) is 90.6 Å². The lowest BCUT2D eigenvalue weighted by Gasteiger charge is -2.39. The molecule has 4 nitrogen and oxygen atoms in total. The highest BCUT2D eigenvalue weighted by molar-refractivity contribution is 9.10. The Morgan fingerprint density at radius 1 is 0.949 bits per heavy atom. The highest BCUT2D eigenvalue weighted by Gasteiger charge is 2.43. The summed E-state index contributed by atoms with van der Waals surface area (Å²) in [6.45, 7) is 0.720. The predicted octanol–water partition coefficient (Wildman–Crippen LogP) is 7.23. The third-order valence-electron chi connectivity index (χ3n) is 8.17. The number of aliphatic hydroxyl groups is 1. The minimum atomic E-state index is -1.24. The molecule has 0 bridgehead atoms. The minimum Gasteiger partial charge on any atom is -0.481 e.